The van der Waals surface area contributed by atoms with E-state index in [9.17, 15) is 4.79 Å². The van der Waals surface area contributed by atoms with Crippen LogP contribution in [-0.4, -0.2) is 36.9 Å². The average Bonchev–Trinajstić information content (AvgIpc) is 2.23. The molecule has 0 aliphatic rings. The molecule has 0 aromatic rings. The molecule has 0 bridgehead atoms. The summed E-state index contributed by atoms with van der Waals surface area (Å²) in [6.07, 6.45) is 3.41. The van der Waals surface area contributed by atoms with Crippen molar-refractivity contribution in [2.45, 2.75) is 58.6 Å². The summed E-state index contributed by atoms with van der Waals surface area (Å²) in [6.45, 7) is 22.7. The normalized spacial score (nSPS) is 15.2. The van der Waals surface area contributed by atoms with Crippen LogP contribution in [0.2, 0.25) is 19.6 Å². The highest BCUT2D eigenvalue weighted by Gasteiger charge is 2.38. The Kier molecular flexibility index (Phi) is 6.74. The lowest BCUT2D eigenvalue weighted by Crippen LogP contribution is -2.57. The van der Waals surface area contributed by atoms with Crippen LogP contribution in [0.4, 0.5) is 4.79 Å². The number of amides is 1. The zero-order valence-electron chi connectivity index (χ0n) is 14.2. The van der Waals surface area contributed by atoms with Gasteiger partial charge < -0.3 is 9.64 Å². The standard InChI is InChI=1S/C16H31NO2Si/c1-10-12-17(15(18)19-16(4,5)6)14(13(3)11-2)20(7,8)9/h10-11,13-14H,1-2,12H2,3-9H3/t13-,14+/m0/s1. The first-order valence-electron chi connectivity index (χ1n) is 7.17. The zero-order chi connectivity index (χ0) is 16.1. The monoisotopic (exact) mass is 297 g/mol. The van der Waals surface area contributed by atoms with Crippen molar-refractivity contribution in [3.8, 4) is 0 Å². The lowest BCUT2D eigenvalue weighted by molar-refractivity contribution is 0.0216. The number of hydrogen-bond acceptors (Lipinski definition) is 2. The molecule has 116 valence electrons. The number of carbonyl (C=O) groups is 1. The van der Waals surface area contributed by atoms with Crippen LogP contribution in [0.1, 0.15) is 27.7 Å². The molecule has 0 N–H and O–H groups in total. The minimum absolute atomic E-state index is 0.146. The van der Waals surface area contributed by atoms with Gasteiger partial charge in [0.15, 0.2) is 0 Å². The van der Waals surface area contributed by atoms with Crippen LogP contribution in [-0.2, 0) is 4.74 Å². The molecule has 0 saturated carbocycles. The molecule has 0 aromatic heterocycles. The summed E-state index contributed by atoms with van der Waals surface area (Å²) >= 11 is 0. The zero-order valence-corrected chi connectivity index (χ0v) is 15.2. The van der Waals surface area contributed by atoms with Gasteiger partial charge in [0, 0.05) is 12.2 Å². The molecule has 20 heavy (non-hydrogen) atoms. The summed E-state index contributed by atoms with van der Waals surface area (Å²) in [5.41, 5.74) is -0.342. The van der Waals surface area contributed by atoms with E-state index in [1.54, 1.807) is 6.08 Å². The van der Waals surface area contributed by atoms with Gasteiger partial charge in [-0.25, -0.2) is 4.79 Å². The summed E-state index contributed by atoms with van der Waals surface area (Å²) in [4.78, 5) is 14.3. The van der Waals surface area contributed by atoms with Gasteiger partial charge in [-0.1, -0.05) is 38.7 Å². The maximum atomic E-state index is 12.5. The second-order valence-electron chi connectivity index (χ2n) is 7.33. The molecule has 2 atom stereocenters. The van der Waals surface area contributed by atoms with Gasteiger partial charge in [-0.15, -0.1) is 13.2 Å². The van der Waals surface area contributed by atoms with E-state index in [2.05, 4.69) is 39.7 Å². The van der Waals surface area contributed by atoms with E-state index >= 15 is 0 Å². The van der Waals surface area contributed by atoms with Gasteiger partial charge in [0.05, 0.1) is 8.07 Å². The highest BCUT2D eigenvalue weighted by Crippen LogP contribution is 2.25. The average molecular weight is 298 g/mol. The quantitative estimate of drug-likeness (QED) is 0.534. The third kappa shape index (κ3) is 5.95. The molecular weight excluding hydrogens is 266 g/mol. The summed E-state index contributed by atoms with van der Waals surface area (Å²) < 4.78 is 5.55. The predicted molar refractivity (Wildman–Crippen MR) is 89.6 cm³/mol. The van der Waals surface area contributed by atoms with Crippen molar-refractivity contribution < 1.29 is 9.53 Å². The van der Waals surface area contributed by atoms with Gasteiger partial charge in [-0.2, -0.15) is 0 Å². The van der Waals surface area contributed by atoms with Crippen LogP contribution < -0.4 is 0 Å². The summed E-state index contributed by atoms with van der Waals surface area (Å²) in [6, 6.07) is 0. The first-order valence-corrected chi connectivity index (χ1v) is 10.7. The molecule has 0 spiro atoms. The van der Waals surface area contributed by atoms with Gasteiger partial charge in [0.25, 0.3) is 0 Å². The van der Waals surface area contributed by atoms with Crippen LogP contribution >= 0.6 is 0 Å². The molecule has 0 unspecified atom stereocenters. The second-order valence-corrected chi connectivity index (χ2v) is 12.7. The number of carbonyl (C=O) groups excluding carboxylic acids is 1. The van der Waals surface area contributed by atoms with Crippen molar-refractivity contribution >= 4 is 14.2 Å². The predicted octanol–water partition coefficient (Wildman–Crippen LogP) is 4.48. The highest BCUT2D eigenvalue weighted by molar-refractivity contribution is 6.77. The van der Waals surface area contributed by atoms with Crippen LogP contribution in [0.3, 0.4) is 0 Å². The Balaban J connectivity index is 5.43. The Hall–Kier alpha value is -1.03. The van der Waals surface area contributed by atoms with E-state index in [4.69, 9.17) is 4.74 Å². The first kappa shape index (κ1) is 19.0. The molecular formula is C16H31NO2Si. The number of nitrogens with zero attached hydrogens (tertiary/aromatic N) is 1. The first-order chi connectivity index (χ1) is 8.94. The van der Waals surface area contributed by atoms with E-state index in [0.29, 0.717) is 6.54 Å². The SMILES string of the molecule is C=CCN(C(=O)OC(C)(C)C)[C@@H]([C@@H](C)C=C)[Si](C)(C)C. The number of rotatable bonds is 6. The lowest BCUT2D eigenvalue weighted by Gasteiger charge is -2.42. The Labute approximate surface area is 125 Å². The van der Waals surface area contributed by atoms with E-state index in [0.717, 1.165) is 0 Å². The molecule has 0 aromatic carbocycles. The Bertz CT molecular complexity index is 352. The topological polar surface area (TPSA) is 29.5 Å². The molecule has 0 aliphatic carbocycles. The Morgan fingerprint density at radius 2 is 1.80 bits per heavy atom. The van der Waals surface area contributed by atoms with Crippen molar-refractivity contribution in [1.29, 1.82) is 0 Å². The van der Waals surface area contributed by atoms with Crippen LogP contribution in [0.25, 0.3) is 0 Å². The molecule has 0 heterocycles. The summed E-state index contributed by atoms with van der Waals surface area (Å²) in [5, 5.41) is 0. The molecule has 0 saturated heterocycles. The Morgan fingerprint density at radius 1 is 1.30 bits per heavy atom. The molecule has 4 heteroatoms. The van der Waals surface area contributed by atoms with Gasteiger partial charge in [-0.05, 0) is 26.7 Å². The number of hydrogen-bond donors (Lipinski definition) is 0. The van der Waals surface area contributed by atoms with E-state index in [1.807, 2.05) is 31.7 Å². The minimum Gasteiger partial charge on any atom is -0.444 e. The number of ether oxygens (including phenoxy) is 1. The third-order valence-corrected chi connectivity index (χ3v) is 5.66. The summed E-state index contributed by atoms with van der Waals surface area (Å²) in [5.74, 6) is 0.231. The van der Waals surface area contributed by atoms with Crippen molar-refractivity contribution in [2.75, 3.05) is 6.54 Å². The van der Waals surface area contributed by atoms with E-state index in [-0.39, 0.29) is 17.7 Å². The van der Waals surface area contributed by atoms with Gasteiger partial charge in [0.2, 0.25) is 0 Å². The minimum atomic E-state index is -1.60. The largest absolute Gasteiger partial charge is 0.444 e. The van der Waals surface area contributed by atoms with Gasteiger partial charge in [-0.3, -0.25) is 0 Å². The molecule has 0 fully saturated rings. The van der Waals surface area contributed by atoms with Crippen molar-refractivity contribution in [2.24, 2.45) is 5.92 Å². The summed E-state index contributed by atoms with van der Waals surface area (Å²) in [7, 11) is -1.60. The maximum absolute atomic E-state index is 12.5. The van der Waals surface area contributed by atoms with Gasteiger partial charge in [0.1, 0.15) is 5.60 Å². The second kappa shape index (κ2) is 7.11. The highest BCUT2D eigenvalue weighted by atomic mass is 28.3. The maximum Gasteiger partial charge on any atom is 0.410 e. The Morgan fingerprint density at radius 3 is 2.10 bits per heavy atom. The molecule has 0 aliphatic heterocycles. The fraction of sp³-hybridized carbons (Fsp3) is 0.688. The molecule has 0 rings (SSSR count). The lowest BCUT2D eigenvalue weighted by atomic mass is 10.1. The van der Waals surface area contributed by atoms with Crippen LogP contribution in [0.5, 0.6) is 0 Å². The molecule has 0 radical (unpaired) electrons. The van der Waals surface area contributed by atoms with Crippen LogP contribution in [0.15, 0.2) is 25.3 Å². The van der Waals surface area contributed by atoms with E-state index < -0.39 is 13.7 Å². The van der Waals surface area contributed by atoms with Crippen molar-refractivity contribution in [3.63, 3.8) is 0 Å². The van der Waals surface area contributed by atoms with Crippen molar-refractivity contribution in [3.05, 3.63) is 25.3 Å². The van der Waals surface area contributed by atoms with E-state index in [1.165, 1.54) is 0 Å². The third-order valence-electron chi connectivity index (χ3n) is 3.05. The fourth-order valence-corrected chi connectivity index (χ4v) is 5.29. The molecule has 3 nitrogen and oxygen atoms in total. The van der Waals surface area contributed by atoms with Gasteiger partial charge >= 0.3 is 6.09 Å². The smallest absolute Gasteiger partial charge is 0.410 e. The molecule has 1 amide bonds. The fourth-order valence-electron chi connectivity index (χ4n) is 2.43. The van der Waals surface area contributed by atoms with Crippen LogP contribution in [0, 0.1) is 5.92 Å². The van der Waals surface area contributed by atoms with Crippen molar-refractivity contribution in [1.82, 2.24) is 4.90 Å².